The molecule has 2 bridgehead atoms. The molecule has 1 N–H and O–H groups in total. The molecule has 1 aromatic rings. The van der Waals surface area contributed by atoms with Crippen LogP contribution in [0.15, 0.2) is 24.3 Å². The molecule has 158 valence electrons. The highest BCUT2D eigenvalue weighted by Crippen LogP contribution is 2.46. The zero-order valence-electron chi connectivity index (χ0n) is 17.5. The van der Waals surface area contributed by atoms with Gasteiger partial charge in [-0.1, -0.05) is 26.0 Å². The molecule has 1 heterocycles. The fourth-order valence-corrected chi connectivity index (χ4v) is 6.07. The van der Waals surface area contributed by atoms with E-state index in [-0.39, 0.29) is 18.1 Å². The second kappa shape index (κ2) is 8.37. The summed E-state index contributed by atoms with van der Waals surface area (Å²) < 4.78 is 6.14. The van der Waals surface area contributed by atoms with Crippen molar-refractivity contribution in [2.45, 2.75) is 64.4 Å². The quantitative estimate of drug-likeness (QED) is 0.762. The summed E-state index contributed by atoms with van der Waals surface area (Å²) in [5, 5.41) is 9.09. The van der Waals surface area contributed by atoms with Crippen molar-refractivity contribution in [2.24, 2.45) is 23.7 Å². The van der Waals surface area contributed by atoms with Crippen molar-refractivity contribution >= 4 is 12.1 Å². The predicted molar refractivity (Wildman–Crippen MR) is 111 cm³/mol. The fraction of sp³-hybridized carbons (Fsp3) is 0.667. The van der Waals surface area contributed by atoms with Crippen molar-refractivity contribution in [3.63, 3.8) is 0 Å². The van der Waals surface area contributed by atoms with Crippen molar-refractivity contribution in [1.82, 2.24) is 4.90 Å². The molecule has 3 fully saturated rings. The molecule has 4 rings (SSSR count). The molecular weight excluding hydrogens is 366 g/mol. The number of benzene rings is 1. The van der Waals surface area contributed by atoms with E-state index in [2.05, 4.69) is 13.8 Å². The van der Waals surface area contributed by atoms with E-state index in [0.717, 1.165) is 36.8 Å². The SMILES string of the molecule is CC1CC2CC(C)CC(C1)C2OC(=O)N1CCCC(c2ccc(C(=O)O)cc2)C1. The van der Waals surface area contributed by atoms with Crippen LogP contribution in [0.25, 0.3) is 0 Å². The summed E-state index contributed by atoms with van der Waals surface area (Å²) in [6, 6.07) is 7.08. The minimum Gasteiger partial charge on any atom is -0.478 e. The van der Waals surface area contributed by atoms with E-state index in [9.17, 15) is 9.59 Å². The summed E-state index contributed by atoms with van der Waals surface area (Å²) >= 11 is 0. The molecular formula is C24H33NO4. The Morgan fingerprint density at radius 3 is 2.14 bits per heavy atom. The van der Waals surface area contributed by atoms with E-state index in [0.29, 0.717) is 23.9 Å². The summed E-state index contributed by atoms with van der Waals surface area (Å²) in [5.41, 5.74) is 1.40. The molecule has 1 aliphatic heterocycles. The first-order valence-electron chi connectivity index (χ1n) is 11.2. The standard InChI is InChI=1S/C24H33NO4/c1-15-10-20-12-16(2)13-21(11-15)22(20)29-24(28)25-9-3-4-19(14-25)17-5-7-18(8-6-17)23(26)27/h5-8,15-16,19-22H,3-4,9-14H2,1-2H3,(H,26,27). The van der Waals surface area contributed by atoms with E-state index >= 15 is 0 Å². The number of carbonyl (C=O) groups is 2. The second-order valence-corrected chi connectivity index (χ2v) is 9.73. The zero-order valence-corrected chi connectivity index (χ0v) is 17.5. The monoisotopic (exact) mass is 399 g/mol. The minimum absolute atomic E-state index is 0.0881. The van der Waals surface area contributed by atoms with Crippen LogP contribution in [0, 0.1) is 23.7 Å². The smallest absolute Gasteiger partial charge is 0.410 e. The topological polar surface area (TPSA) is 66.8 Å². The Labute approximate surface area is 173 Å². The van der Waals surface area contributed by atoms with Gasteiger partial charge in [0.05, 0.1) is 5.56 Å². The van der Waals surface area contributed by atoms with Crippen LogP contribution in [0.3, 0.4) is 0 Å². The Hall–Kier alpha value is -2.04. The minimum atomic E-state index is -0.910. The molecule has 0 radical (unpaired) electrons. The summed E-state index contributed by atoms with van der Waals surface area (Å²) in [5.74, 6) is 1.83. The van der Waals surface area contributed by atoms with Gasteiger partial charge in [-0.15, -0.1) is 0 Å². The third-order valence-electron chi connectivity index (χ3n) is 7.30. The van der Waals surface area contributed by atoms with Crippen molar-refractivity contribution in [3.05, 3.63) is 35.4 Å². The number of hydrogen-bond donors (Lipinski definition) is 1. The molecule has 1 saturated heterocycles. The molecule has 3 aliphatic rings. The number of amides is 1. The molecule has 0 spiro atoms. The van der Waals surface area contributed by atoms with Crippen LogP contribution in [0.5, 0.6) is 0 Å². The number of nitrogens with zero attached hydrogens (tertiary/aromatic N) is 1. The molecule has 2 aliphatic carbocycles. The summed E-state index contributed by atoms with van der Waals surface area (Å²) in [6.07, 6.45) is 6.61. The van der Waals surface area contributed by atoms with E-state index in [1.807, 2.05) is 17.0 Å². The first-order valence-corrected chi connectivity index (χ1v) is 11.2. The fourth-order valence-electron chi connectivity index (χ4n) is 6.07. The molecule has 5 nitrogen and oxygen atoms in total. The maximum Gasteiger partial charge on any atom is 0.410 e. The maximum atomic E-state index is 13.0. The number of carboxylic acids is 1. The van der Waals surface area contributed by atoms with Gasteiger partial charge in [0.25, 0.3) is 0 Å². The van der Waals surface area contributed by atoms with Crippen molar-refractivity contribution in [3.8, 4) is 0 Å². The van der Waals surface area contributed by atoms with Gasteiger partial charge in [0, 0.05) is 19.0 Å². The molecule has 1 aromatic carbocycles. The molecule has 1 atom stereocenters. The van der Waals surface area contributed by atoms with Crippen molar-refractivity contribution < 1.29 is 19.4 Å². The van der Waals surface area contributed by atoms with E-state index in [4.69, 9.17) is 9.84 Å². The van der Waals surface area contributed by atoms with Gasteiger partial charge in [0.1, 0.15) is 6.10 Å². The van der Waals surface area contributed by atoms with Gasteiger partial charge in [-0.2, -0.15) is 0 Å². The summed E-state index contributed by atoms with van der Waals surface area (Å²) in [7, 11) is 0. The van der Waals surface area contributed by atoms with E-state index < -0.39 is 5.97 Å². The van der Waals surface area contributed by atoms with Gasteiger partial charge >= 0.3 is 12.1 Å². The second-order valence-electron chi connectivity index (χ2n) is 9.73. The third-order valence-corrected chi connectivity index (χ3v) is 7.30. The Bertz CT molecular complexity index is 716. The number of hydrogen-bond acceptors (Lipinski definition) is 3. The van der Waals surface area contributed by atoms with Crippen molar-refractivity contribution in [1.29, 1.82) is 0 Å². The Morgan fingerprint density at radius 2 is 1.59 bits per heavy atom. The number of fused-ring (bicyclic) bond motifs is 2. The number of aromatic carboxylic acids is 1. The molecule has 2 saturated carbocycles. The number of carbonyl (C=O) groups excluding carboxylic acids is 1. The largest absolute Gasteiger partial charge is 0.478 e. The summed E-state index contributed by atoms with van der Waals surface area (Å²) in [4.78, 5) is 26.0. The molecule has 5 heteroatoms. The number of rotatable bonds is 3. The number of likely N-dealkylation sites (tertiary alicyclic amines) is 1. The highest BCUT2D eigenvalue weighted by atomic mass is 16.6. The number of ether oxygens (including phenoxy) is 1. The average Bonchev–Trinajstić information content (AvgIpc) is 2.69. The molecule has 29 heavy (non-hydrogen) atoms. The zero-order chi connectivity index (χ0) is 20.5. The van der Waals surface area contributed by atoms with Crippen LogP contribution in [0.4, 0.5) is 4.79 Å². The van der Waals surface area contributed by atoms with Crippen LogP contribution in [-0.2, 0) is 4.74 Å². The molecule has 1 unspecified atom stereocenters. The Morgan fingerprint density at radius 1 is 1.00 bits per heavy atom. The first kappa shape index (κ1) is 20.2. The maximum absolute atomic E-state index is 13.0. The lowest BCUT2D eigenvalue weighted by molar-refractivity contribution is -0.0665. The van der Waals surface area contributed by atoms with Crippen LogP contribution in [0.2, 0.25) is 0 Å². The Balaban J connectivity index is 1.39. The highest BCUT2D eigenvalue weighted by Gasteiger charge is 2.44. The van der Waals surface area contributed by atoms with Gasteiger partial charge < -0.3 is 14.7 Å². The lowest BCUT2D eigenvalue weighted by Crippen LogP contribution is -2.48. The molecule has 1 amide bonds. The van der Waals surface area contributed by atoms with Gasteiger partial charge in [-0.25, -0.2) is 9.59 Å². The van der Waals surface area contributed by atoms with E-state index in [1.165, 1.54) is 25.7 Å². The molecule has 0 aromatic heterocycles. The van der Waals surface area contributed by atoms with Crippen LogP contribution in [0.1, 0.15) is 74.2 Å². The van der Waals surface area contributed by atoms with Crippen LogP contribution >= 0.6 is 0 Å². The van der Waals surface area contributed by atoms with E-state index in [1.54, 1.807) is 12.1 Å². The number of piperidine rings is 1. The van der Waals surface area contributed by atoms with Gasteiger partial charge in [0.15, 0.2) is 0 Å². The van der Waals surface area contributed by atoms with Crippen molar-refractivity contribution in [2.75, 3.05) is 13.1 Å². The average molecular weight is 400 g/mol. The predicted octanol–water partition coefficient (Wildman–Crippen LogP) is 5.16. The lowest BCUT2D eigenvalue weighted by atomic mass is 9.63. The highest BCUT2D eigenvalue weighted by molar-refractivity contribution is 5.87. The van der Waals surface area contributed by atoms with Crippen LogP contribution in [-0.4, -0.2) is 41.3 Å². The normalized spacial score (nSPS) is 34.5. The van der Waals surface area contributed by atoms with Gasteiger partial charge in [-0.3, -0.25) is 0 Å². The third kappa shape index (κ3) is 4.44. The Kier molecular flexibility index (Phi) is 5.84. The summed E-state index contributed by atoms with van der Waals surface area (Å²) in [6.45, 7) is 6.06. The number of carboxylic acid groups (broad SMARTS) is 1. The van der Waals surface area contributed by atoms with Gasteiger partial charge in [-0.05, 0) is 79.9 Å². The van der Waals surface area contributed by atoms with Crippen LogP contribution < -0.4 is 0 Å². The van der Waals surface area contributed by atoms with Gasteiger partial charge in [0.2, 0.25) is 0 Å². The first-order chi connectivity index (χ1) is 13.9. The lowest BCUT2D eigenvalue weighted by Gasteiger charge is -2.47.